The lowest BCUT2D eigenvalue weighted by atomic mass is 9.95. The third-order valence-corrected chi connectivity index (χ3v) is 4.00. The smallest absolute Gasteiger partial charge is 0.163 e. The Morgan fingerprint density at radius 3 is 1.25 bits per heavy atom. The summed E-state index contributed by atoms with van der Waals surface area (Å²) in [7, 11) is 0. The van der Waals surface area contributed by atoms with Crippen LogP contribution in [0.25, 0.3) is 0 Å². The van der Waals surface area contributed by atoms with Gasteiger partial charge in [0.1, 0.15) is 0 Å². The van der Waals surface area contributed by atoms with E-state index < -0.39 is 0 Å². The minimum absolute atomic E-state index is 0.102. The normalized spacial score (nSPS) is 10.2. The number of ketones is 2. The average Bonchev–Trinajstić information content (AvgIpc) is 2.64. The lowest BCUT2D eigenvalue weighted by Crippen LogP contribution is -2.02. The van der Waals surface area contributed by atoms with Gasteiger partial charge in [0.15, 0.2) is 11.6 Å². The predicted octanol–water partition coefficient (Wildman–Crippen LogP) is 5.43. The van der Waals surface area contributed by atoms with Gasteiger partial charge < -0.3 is 0 Å². The van der Waals surface area contributed by atoms with Gasteiger partial charge in [0.2, 0.25) is 0 Å². The van der Waals surface area contributed by atoms with E-state index in [1.165, 1.54) is 0 Å². The highest BCUT2D eigenvalue weighted by Gasteiger charge is 2.10. The molecular formula is C22H22O2. The van der Waals surface area contributed by atoms with Crippen LogP contribution in [0.5, 0.6) is 0 Å². The Morgan fingerprint density at radius 1 is 0.583 bits per heavy atom. The van der Waals surface area contributed by atoms with Gasteiger partial charge >= 0.3 is 0 Å². The van der Waals surface area contributed by atoms with E-state index in [0.717, 1.165) is 22.3 Å². The van der Waals surface area contributed by atoms with Gasteiger partial charge in [-0.2, -0.15) is 0 Å². The monoisotopic (exact) mass is 318 g/mol. The molecule has 0 bridgehead atoms. The predicted molar refractivity (Wildman–Crippen MR) is 98.3 cm³/mol. The lowest BCUT2D eigenvalue weighted by Gasteiger charge is -2.09. The summed E-state index contributed by atoms with van der Waals surface area (Å²) < 4.78 is 0. The second kappa shape index (κ2) is 8.78. The van der Waals surface area contributed by atoms with E-state index >= 15 is 0 Å². The Balaban J connectivity index is 1.77. The molecule has 2 aromatic rings. The fraction of sp³-hybridized carbons (Fsp3) is 0.182. The largest absolute Gasteiger partial charge is 0.294 e. The molecule has 2 rings (SSSR count). The van der Waals surface area contributed by atoms with Crippen LogP contribution >= 0.6 is 0 Å². The molecule has 24 heavy (non-hydrogen) atoms. The molecule has 0 amide bonds. The van der Waals surface area contributed by atoms with Crippen molar-refractivity contribution in [3.63, 3.8) is 0 Å². The van der Waals surface area contributed by atoms with Crippen molar-refractivity contribution in [2.45, 2.75) is 25.7 Å². The van der Waals surface area contributed by atoms with E-state index in [1.54, 1.807) is 0 Å². The number of rotatable bonds is 9. The minimum atomic E-state index is 0.102. The number of hydrogen-bond donors (Lipinski definition) is 0. The number of carbonyl (C=O) groups excluding carboxylic acids is 2. The molecule has 0 heterocycles. The van der Waals surface area contributed by atoms with Crippen molar-refractivity contribution < 1.29 is 9.59 Å². The Kier molecular flexibility index (Phi) is 6.44. The summed E-state index contributed by atoms with van der Waals surface area (Å²) >= 11 is 0. The average molecular weight is 318 g/mol. The first-order valence-corrected chi connectivity index (χ1v) is 8.10. The van der Waals surface area contributed by atoms with Crippen molar-refractivity contribution in [3.05, 3.63) is 96.1 Å². The van der Waals surface area contributed by atoms with Gasteiger partial charge in [-0.25, -0.2) is 0 Å². The van der Waals surface area contributed by atoms with E-state index in [4.69, 9.17) is 0 Å². The van der Waals surface area contributed by atoms with Crippen LogP contribution in [0.4, 0.5) is 0 Å². The maximum atomic E-state index is 12.1. The van der Waals surface area contributed by atoms with Crippen LogP contribution in [0.3, 0.4) is 0 Å². The summed E-state index contributed by atoms with van der Waals surface area (Å²) in [5, 5.41) is 0. The van der Waals surface area contributed by atoms with Crippen molar-refractivity contribution in [1.29, 1.82) is 0 Å². The van der Waals surface area contributed by atoms with Crippen LogP contribution in [0.1, 0.15) is 46.4 Å². The summed E-state index contributed by atoms with van der Waals surface area (Å²) in [5.74, 6) is 0.204. The molecule has 122 valence electrons. The fourth-order valence-corrected chi connectivity index (χ4v) is 2.42. The number of carbonyl (C=O) groups is 2. The molecule has 0 radical (unpaired) electrons. The van der Waals surface area contributed by atoms with Crippen LogP contribution < -0.4 is 0 Å². The van der Waals surface area contributed by atoms with E-state index in [-0.39, 0.29) is 11.6 Å². The van der Waals surface area contributed by atoms with E-state index in [1.807, 2.05) is 60.7 Å². The molecule has 0 fully saturated rings. The lowest BCUT2D eigenvalue weighted by molar-refractivity contribution is 0.0973. The van der Waals surface area contributed by atoms with E-state index in [9.17, 15) is 9.59 Å². The molecule has 0 spiro atoms. The highest BCUT2D eigenvalue weighted by molar-refractivity contribution is 5.96. The topological polar surface area (TPSA) is 34.1 Å². The molecule has 2 nitrogen and oxygen atoms in total. The third kappa shape index (κ3) is 5.17. The zero-order chi connectivity index (χ0) is 17.4. The number of hydrogen-bond acceptors (Lipinski definition) is 2. The van der Waals surface area contributed by atoms with Crippen LogP contribution in [0.2, 0.25) is 0 Å². The molecule has 0 saturated carbocycles. The summed E-state index contributed by atoms with van der Waals surface area (Å²) in [6.45, 7) is 8.02. The SMILES string of the molecule is C=C(CCC(=O)c1ccccc1)C(=C)CCC(=O)c1ccccc1. The molecule has 0 saturated heterocycles. The summed E-state index contributed by atoms with van der Waals surface area (Å²) in [5.41, 5.74) is 3.13. The Hall–Kier alpha value is -2.74. The highest BCUT2D eigenvalue weighted by atomic mass is 16.1. The van der Waals surface area contributed by atoms with Crippen LogP contribution in [0, 0.1) is 0 Å². The maximum Gasteiger partial charge on any atom is 0.163 e. The second-order valence-corrected chi connectivity index (χ2v) is 5.79. The highest BCUT2D eigenvalue weighted by Crippen LogP contribution is 2.20. The quantitative estimate of drug-likeness (QED) is 0.456. The number of Topliss-reactive ketones (excluding diaryl/α,β-unsaturated/α-hetero) is 2. The van der Waals surface area contributed by atoms with E-state index in [2.05, 4.69) is 13.2 Å². The summed E-state index contributed by atoms with van der Waals surface area (Å²) in [6.07, 6.45) is 1.97. The molecule has 0 N–H and O–H groups in total. The third-order valence-electron chi connectivity index (χ3n) is 4.00. The molecule has 0 aromatic heterocycles. The Bertz CT molecular complexity index is 662. The van der Waals surface area contributed by atoms with Crippen molar-refractivity contribution >= 4 is 11.6 Å². The Morgan fingerprint density at radius 2 is 0.917 bits per heavy atom. The first kappa shape index (κ1) is 17.6. The maximum absolute atomic E-state index is 12.1. The van der Waals surface area contributed by atoms with Gasteiger partial charge in [-0.15, -0.1) is 0 Å². The Labute approximate surface area is 143 Å². The zero-order valence-electron chi connectivity index (χ0n) is 13.8. The zero-order valence-corrected chi connectivity index (χ0v) is 13.8. The first-order valence-electron chi connectivity index (χ1n) is 8.10. The van der Waals surface area contributed by atoms with Crippen molar-refractivity contribution in [3.8, 4) is 0 Å². The number of allylic oxidation sites excluding steroid dienone is 2. The molecule has 0 aliphatic heterocycles. The summed E-state index contributed by atoms with van der Waals surface area (Å²) in [6, 6.07) is 18.5. The standard InChI is InChI=1S/C22H22O2/c1-17(13-15-21(23)19-9-5-3-6-10-19)18(2)14-16-22(24)20-11-7-4-8-12-20/h3-12H,1-2,13-16H2. The minimum Gasteiger partial charge on any atom is -0.294 e. The molecule has 0 aliphatic rings. The van der Waals surface area contributed by atoms with E-state index in [0.29, 0.717) is 25.7 Å². The van der Waals surface area contributed by atoms with Crippen molar-refractivity contribution in [2.24, 2.45) is 0 Å². The van der Waals surface area contributed by atoms with Crippen LogP contribution in [-0.2, 0) is 0 Å². The fourth-order valence-electron chi connectivity index (χ4n) is 2.42. The van der Waals surface area contributed by atoms with Crippen molar-refractivity contribution in [2.75, 3.05) is 0 Å². The van der Waals surface area contributed by atoms with Crippen LogP contribution in [-0.4, -0.2) is 11.6 Å². The van der Waals surface area contributed by atoms with Gasteiger partial charge in [-0.05, 0) is 12.8 Å². The molecular weight excluding hydrogens is 296 g/mol. The molecule has 2 heteroatoms. The van der Waals surface area contributed by atoms with Gasteiger partial charge in [0.25, 0.3) is 0 Å². The summed E-state index contributed by atoms with van der Waals surface area (Å²) in [4.78, 5) is 24.2. The van der Waals surface area contributed by atoms with Gasteiger partial charge in [0.05, 0.1) is 0 Å². The molecule has 0 unspecified atom stereocenters. The molecule has 2 aromatic carbocycles. The van der Waals surface area contributed by atoms with Gasteiger partial charge in [0, 0.05) is 24.0 Å². The van der Waals surface area contributed by atoms with Gasteiger partial charge in [-0.1, -0.05) is 85.0 Å². The van der Waals surface area contributed by atoms with Crippen molar-refractivity contribution in [1.82, 2.24) is 0 Å². The molecule has 0 atom stereocenters. The molecule has 0 aliphatic carbocycles. The van der Waals surface area contributed by atoms with Crippen LogP contribution in [0.15, 0.2) is 85.0 Å². The van der Waals surface area contributed by atoms with Gasteiger partial charge in [-0.3, -0.25) is 9.59 Å². The second-order valence-electron chi connectivity index (χ2n) is 5.79. The number of benzene rings is 2. The first-order chi connectivity index (χ1) is 11.6.